The minimum absolute atomic E-state index is 0.131. The topological polar surface area (TPSA) is 65.7 Å². The lowest BCUT2D eigenvalue weighted by atomic mass is 10.1. The monoisotopic (exact) mass is 330 g/mol. The average Bonchev–Trinajstić information content (AvgIpc) is 2.83. The number of halogens is 1. The molecule has 0 bridgehead atoms. The molecule has 1 aliphatic rings. The van der Waals surface area contributed by atoms with Crippen LogP contribution in [0.4, 0.5) is 0 Å². The van der Waals surface area contributed by atoms with E-state index in [-0.39, 0.29) is 12.0 Å². The van der Waals surface area contributed by atoms with E-state index in [0.29, 0.717) is 17.0 Å². The number of rotatable bonds is 5. The molecule has 1 aliphatic heterocycles. The highest BCUT2D eigenvalue weighted by atomic mass is 79.9. The van der Waals surface area contributed by atoms with Crippen LogP contribution in [0.3, 0.4) is 0 Å². The van der Waals surface area contributed by atoms with Gasteiger partial charge in [-0.15, -0.1) is 0 Å². The second kappa shape index (κ2) is 7.07. The third kappa shape index (κ3) is 4.63. The van der Waals surface area contributed by atoms with Gasteiger partial charge in [-0.05, 0) is 53.9 Å². The quantitative estimate of drug-likeness (QED) is 0.805. The number of furan rings is 1. The summed E-state index contributed by atoms with van der Waals surface area (Å²) < 4.78 is 5.73. The van der Waals surface area contributed by atoms with Gasteiger partial charge in [0.2, 0.25) is 0 Å². The van der Waals surface area contributed by atoms with Crippen molar-refractivity contribution in [1.82, 2.24) is 10.2 Å². The first kappa shape index (κ1) is 14.6. The Kier molecular flexibility index (Phi) is 5.42. The van der Waals surface area contributed by atoms with Crippen molar-refractivity contribution in [1.29, 1.82) is 0 Å². The van der Waals surface area contributed by atoms with Gasteiger partial charge in [-0.1, -0.05) is 0 Å². The second-order valence-electron chi connectivity index (χ2n) is 4.79. The first-order chi connectivity index (χ1) is 9.15. The van der Waals surface area contributed by atoms with Crippen molar-refractivity contribution in [2.45, 2.75) is 25.4 Å². The molecule has 1 aromatic heterocycles. The predicted octanol–water partition coefficient (Wildman–Crippen LogP) is 1.62. The van der Waals surface area contributed by atoms with Crippen LogP contribution in [0.15, 0.2) is 21.2 Å². The van der Waals surface area contributed by atoms with Crippen LogP contribution in [0, 0.1) is 0 Å². The lowest BCUT2D eigenvalue weighted by Gasteiger charge is -2.29. The van der Waals surface area contributed by atoms with Crippen molar-refractivity contribution in [3.05, 3.63) is 22.6 Å². The van der Waals surface area contributed by atoms with Crippen LogP contribution in [0.2, 0.25) is 0 Å². The molecule has 19 heavy (non-hydrogen) atoms. The Morgan fingerprint density at radius 2 is 2.21 bits per heavy atom. The van der Waals surface area contributed by atoms with Gasteiger partial charge in [0.1, 0.15) is 0 Å². The molecular formula is C13H19BrN2O3. The number of piperidine rings is 1. The largest absolute Gasteiger partial charge is 0.444 e. The summed E-state index contributed by atoms with van der Waals surface area (Å²) in [7, 11) is 0. The lowest BCUT2D eigenvalue weighted by molar-refractivity contribution is 0.0814. The van der Waals surface area contributed by atoms with Gasteiger partial charge in [-0.2, -0.15) is 0 Å². The molecule has 2 heterocycles. The van der Waals surface area contributed by atoms with Gasteiger partial charge >= 0.3 is 0 Å². The van der Waals surface area contributed by atoms with E-state index in [2.05, 4.69) is 26.1 Å². The van der Waals surface area contributed by atoms with E-state index in [1.807, 2.05) is 0 Å². The van der Waals surface area contributed by atoms with Crippen molar-refractivity contribution in [2.75, 3.05) is 26.2 Å². The fourth-order valence-corrected chi connectivity index (χ4v) is 2.48. The summed E-state index contributed by atoms with van der Waals surface area (Å²) in [6.45, 7) is 3.48. The molecule has 1 aromatic rings. The molecule has 0 aromatic carbocycles. The summed E-state index contributed by atoms with van der Waals surface area (Å²) >= 11 is 3.17. The number of carbonyl (C=O) groups is 1. The fourth-order valence-electron chi connectivity index (χ4n) is 2.17. The maximum Gasteiger partial charge on any atom is 0.287 e. The number of aliphatic hydroxyl groups is 1. The smallest absolute Gasteiger partial charge is 0.287 e. The normalized spacial score (nSPS) is 17.6. The fraction of sp³-hybridized carbons (Fsp3) is 0.615. The SMILES string of the molecule is O=C(NCCCN1CCC(O)CC1)c1ccc(Br)o1. The molecule has 2 N–H and O–H groups in total. The number of nitrogens with zero attached hydrogens (tertiary/aromatic N) is 1. The molecule has 1 saturated heterocycles. The Hall–Kier alpha value is -0.850. The Labute approximate surface area is 121 Å². The first-order valence-corrected chi connectivity index (χ1v) is 7.38. The van der Waals surface area contributed by atoms with Gasteiger partial charge in [0.05, 0.1) is 6.10 Å². The Bertz CT molecular complexity index is 414. The molecule has 1 amide bonds. The zero-order chi connectivity index (χ0) is 13.7. The van der Waals surface area contributed by atoms with Crippen molar-refractivity contribution >= 4 is 21.8 Å². The van der Waals surface area contributed by atoms with Gasteiger partial charge in [0, 0.05) is 19.6 Å². The van der Waals surface area contributed by atoms with E-state index in [9.17, 15) is 9.90 Å². The highest BCUT2D eigenvalue weighted by molar-refractivity contribution is 9.10. The average molecular weight is 331 g/mol. The van der Waals surface area contributed by atoms with Crippen molar-refractivity contribution < 1.29 is 14.3 Å². The molecule has 2 rings (SSSR count). The maximum absolute atomic E-state index is 11.7. The van der Waals surface area contributed by atoms with Gasteiger partial charge in [-0.3, -0.25) is 4.79 Å². The first-order valence-electron chi connectivity index (χ1n) is 6.59. The second-order valence-corrected chi connectivity index (χ2v) is 5.57. The Morgan fingerprint density at radius 1 is 1.47 bits per heavy atom. The molecule has 106 valence electrons. The molecule has 1 fully saturated rings. The number of carbonyl (C=O) groups excluding carboxylic acids is 1. The van der Waals surface area contributed by atoms with Crippen LogP contribution < -0.4 is 5.32 Å². The van der Waals surface area contributed by atoms with Crippen LogP contribution in [0.5, 0.6) is 0 Å². The highest BCUT2D eigenvalue weighted by Crippen LogP contribution is 2.13. The van der Waals surface area contributed by atoms with Gasteiger partial charge in [0.15, 0.2) is 10.4 Å². The Balaban J connectivity index is 1.60. The molecule has 6 heteroatoms. The number of hydrogen-bond acceptors (Lipinski definition) is 4. The third-order valence-electron chi connectivity index (χ3n) is 3.29. The van der Waals surface area contributed by atoms with E-state index >= 15 is 0 Å². The summed E-state index contributed by atoms with van der Waals surface area (Å²) in [5.41, 5.74) is 0. The number of aliphatic hydroxyl groups excluding tert-OH is 1. The molecule has 0 spiro atoms. The van der Waals surface area contributed by atoms with Crippen LogP contribution in [-0.2, 0) is 0 Å². The van der Waals surface area contributed by atoms with Crippen LogP contribution >= 0.6 is 15.9 Å². The zero-order valence-electron chi connectivity index (χ0n) is 10.8. The summed E-state index contributed by atoms with van der Waals surface area (Å²) in [5, 5.41) is 12.2. The maximum atomic E-state index is 11.7. The van der Waals surface area contributed by atoms with Crippen molar-refractivity contribution in [3.63, 3.8) is 0 Å². The van der Waals surface area contributed by atoms with Gasteiger partial charge < -0.3 is 19.7 Å². The third-order valence-corrected chi connectivity index (χ3v) is 3.72. The van der Waals surface area contributed by atoms with E-state index in [1.54, 1.807) is 12.1 Å². The number of likely N-dealkylation sites (tertiary alicyclic amines) is 1. The zero-order valence-corrected chi connectivity index (χ0v) is 12.4. The molecule has 0 radical (unpaired) electrons. The lowest BCUT2D eigenvalue weighted by Crippen LogP contribution is -2.37. The van der Waals surface area contributed by atoms with E-state index in [4.69, 9.17) is 4.42 Å². The molecule has 5 nitrogen and oxygen atoms in total. The number of amides is 1. The standard InChI is InChI=1S/C13H19BrN2O3/c14-12-3-2-11(19-12)13(18)15-6-1-7-16-8-4-10(17)5-9-16/h2-3,10,17H,1,4-9H2,(H,15,18). The minimum atomic E-state index is -0.181. The summed E-state index contributed by atoms with van der Waals surface area (Å²) in [5.74, 6) is 0.146. The molecular weight excluding hydrogens is 312 g/mol. The molecule has 0 unspecified atom stereocenters. The summed E-state index contributed by atoms with van der Waals surface area (Å²) in [6.07, 6.45) is 2.48. The van der Waals surface area contributed by atoms with Crippen LogP contribution in [0.25, 0.3) is 0 Å². The Morgan fingerprint density at radius 3 is 2.84 bits per heavy atom. The number of nitrogens with one attached hydrogen (secondary N) is 1. The predicted molar refractivity (Wildman–Crippen MR) is 75.0 cm³/mol. The summed E-state index contributed by atoms with van der Waals surface area (Å²) in [6, 6.07) is 3.35. The van der Waals surface area contributed by atoms with E-state index in [1.165, 1.54) is 0 Å². The van der Waals surface area contributed by atoms with Crippen molar-refractivity contribution in [3.8, 4) is 0 Å². The van der Waals surface area contributed by atoms with Gasteiger partial charge in [0.25, 0.3) is 5.91 Å². The molecule has 0 saturated carbocycles. The highest BCUT2D eigenvalue weighted by Gasteiger charge is 2.16. The van der Waals surface area contributed by atoms with Crippen LogP contribution in [-0.4, -0.2) is 48.2 Å². The van der Waals surface area contributed by atoms with E-state index in [0.717, 1.165) is 38.9 Å². The van der Waals surface area contributed by atoms with E-state index < -0.39 is 0 Å². The minimum Gasteiger partial charge on any atom is -0.444 e. The molecule has 0 aliphatic carbocycles. The summed E-state index contributed by atoms with van der Waals surface area (Å²) in [4.78, 5) is 14.0. The number of hydrogen-bond donors (Lipinski definition) is 2. The van der Waals surface area contributed by atoms with Gasteiger partial charge in [-0.25, -0.2) is 0 Å². The van der Waals surface area contributed by atoms with Crippen LogP contribution in [0.1, 0.15) is 29.8 Å². The molecule has 0 atom stereocenters. The van der Waals surface area contributed by atoms with Crippen molar-refractivity contribution in [2.24, 2.45) is 0 Å².